The van der Waals surface area contributed by atoms with Crippen molar-refractivity contribution in [1.82, 2.24) is 10.0 Å². The number of rotatable bonds is 6. The maximum atomic E-state index is 13.7. The van der Waals surface area contributed by atoms with Crippen molar-refractivity contribution in [2.24, 2.45) is 0 Å². The van der Waals surface area contributed by atoms with Gasteiger partial charge in [0.15, 0.2) is 0 Å². The molecule has 2 rings (SSSR count). The van der Waals surface area contributed by atoms with Crippen LogP contribution < -0.4 is 10.0 Å². The lowest BCUT2D eigenvalue weighted by molar-refractivity contribution is 0.0774. The Hall–Kier alpha value is -1.02. The maximum Gasteiger partial charge on any atom is 0.240 e. The SMILES string of the molecule is CCNCc1cc(S(=O)(=O)NC2CCCOC2)ccc1F. The highest BCUT2D eigenvalue weighted by Gasteiger charge is 2.23. The summed E-state index contributed by atoms with van der Waals surface area (Å²) in [4.78, 5) is 0.0855. The minimum atomic E-state index is -3.65. The van der Waals surface area contributed by atoms with Gasteiger partial charge in [0.2, 0.25) is 10.0 Å². The zero-order valence-corrected chi connectivity index (χ0v) is 12.9. The molecule has 118 valence electrons. The third kappa shape index (κ3) is 4.47. The zero-order chi connectivity index (χ0) is 15.3. The Balaban J connectivity index is 2.14. The molecule has 0 spiro atoms. The van der Waals surface area contributed by atoms with Crippen molar-refractivity contribution in [2.75, 3.05) is 19.8 Å². The average Bonchev–Trinajstić information content (AvgIpc) is 2.47. The first kappa shape index (κ1) is 16.4. The van der Waals surface area contributed by atoms with Gasteiger partial charge < -0.3 is 10.1 Å². The molecular formula is C14H21FN2O3S. The van der Waals surface area contributed by atoms with Crippen molar-refractivity contribution in [2.45, 2.75) is 37.2 Å². The second kappa shape index (κ2) is 7.31. The van der Waals surface area contributed by atoms with Crippen LogP contribution in [-0.4, -0.2) is 34.2 Å². The number of nitrogens with one attached hydrogen (secondary N) is 2. The van der Waals surface area contributed by atoms with Gasteiger partial charge in [-0.25, -0.2) is 17.5 Å². The van der Waals surface area contributed by atoms with Gasteiger partial charge in [-0.3, -0.25) is 0 Å². The molecule has 1 aliphatic rings. The molecule has 1 fully saturated rings. The van der Waals surface area contributed by atoms with E-state index in [1.807, 2.05) is 6.92 Å². The summed E-state index contributed by atoms with van der Waals surface area (Å²) in [6.45, 7) is 3.95. The molecule has 2 N–H and O–H groups in total. The summed E-state index contributed by atoms with van der Waals surface area (Å²) in [5.74, 6) is -0.407. The largest absolute Gasteiger partial charge is 0.380 e. The van der Waals surface area contributed by atoms with Crippen molar-refractivity contribution in [3.63, 3.8) is 0 Å². The van der Waals surface area contributed by atoms with Gasteiger partial charge in [-0.05, 0) is 37.6 Å². The van der Waals surface area contributed by atoms with Crippen molar-refractivity contribution < 1.29 is 17.5 Å². The van der Waals surface area contributed by atoms with Crippen LogP contribution in [0.3, 0.4) is 0 Å². The molecule has 21 heavy (non-hydrogen) atoms. The van der Waals surface area contributed by atoms with Crippen LogP contribution in [-0.2, 0) is 21.3 Å². The topological polar surface area (TPSA) is 67.4 Å². The number of hydrogen-bond donors (Lipinski definition) is 2. The lowest BCUT2D eigenvalue weighted by atomic mass is 10.1. The zero-order valence-electron chi connectivity index (χ0n) is 12.1. The first-order valence-corrected chi connectivity index (χ1v) is 8.60. The lowest BCUT2D eigenvalue weighted by Crippen LogP contribution is -2.40. The van der Waals surface area contributed by atoms with Crippen LogP contribution in [0.4, 0.5) is 4.39 Å². The lowest BCUT2D eigenvalue weighted by Gasteiger charge is -2.23. The molecule has 1 atom stereocenters. The van der Waals surface area contributed by atoms with E-state index in [-0.39, 0.29) is 10.9 Å². The number of hydrogen-bond acceptors (Lipinski definition) is 4. The van der Waals surface area contributed by atoms with Gasteiger partial charge in [-0.15, -0.1) is 0 Å². The summed E-state index contributed by atoms with van der Waals surface area (Å²) in [6.07, 6.45) is 1.59. The molecule has 1 aromatic rings. The van der Waals surface area contributed by atoms with E-state index in [4.69, 9.17) is 4.74 Å². The van der Waals surface area contributed by atoms with Gasteiger partial charge in [0.1, 0.15) is 5.82 Å². The van der Waals surface area contributed by atoms with Crippen LogP contribution >= 0.6 is 0 Å². The third-order valence-corrected chi connectivity index (χ3v) is 4.89. The fraction of sp³-hybridized carbons (Fsp3) is 0.571. The van der Waals surface area contributed by atoms with Gasteiger partial charge >= 0.3 is 0 Å². The minimum Gasteiger partial charge on any atom is -0.380 e. The Bertz CT molecular complexity index is 572. The summed E-state index contributed by atoms with van der Waals surface area (Å²) >= 11 is 0. The molecule has 0 bridgehead atoms. The number of ether oxygens (including phenoxy) is 1. The van der Waals surface area contributed by atoms with E-state index < -0.39 is 15.8 Å². The van der Waals surface area contributed by atoms with E-state index >= 15 is 0 Å². The summed E-state index contributed by atoms with van der Waals surface area (Å²) in [5.41, 5.74) is 0.347. The summed E-state index contributed by atoms with van der Waals surface area (Å²) in [7, 11) is -3.65. The van der Waals surface area contributed by atoms with Crippen LogP contribution in [0.25, 0.3) is 0 Å². The van der Waals surface area contributed by atoms with E-state index in [0.29, 0.717) is 31.9 Å². The third-order valence-electron chi connectivity index (χ3n) is 3.38. The summed E-state index contributed by atoms with van der Waals surface area (Å²) in [5, 5.41) is 2.99. The van der Waals surface area contributed by atoms with Gasteiger partial charge in [-0.1, -0.05) is 6.92 Å². The molecule has 0 aliphatic carbocycles. The molecule has 1 heterocycles. The quantitative estimate of drug-likeness (QED) is 0.832. The Kier molecular flexibility index (Phi) is 5.69. The highest BCUT2D eigenvalue weighted by molar-refractivity contribution is 7.89. The van der Waals surface area contributed by atoms with Crippen molar-refractivity contribution >= 4 is 10.0 Å². The second-order valence-corrected chi connectivity index (χ2v) is 6.78. The molecule has 1 saturated heterocycles. The van der Waals surface area contributed by atoms with Crippen LogP contribution in [0, 0.1) is 5.82 Å². The second-order valence-electron chi connectivity index (χ2n) is 5.07. The van der Waals surface area contributed by atoms with Gasteiger partial charge in [0.05, 0.1) is 11.5 Å². The van der Waals surface area contributed by atoms with Crippen molar-refractivity contribution in [3.8, 4) is 0 Å². The molecule has 0 aromatic heterocycles. The van der Waals surface area contributed by atoms with E-state index in [1.165, 1.54) is 18.2 Å². The van der Waals surface area contributed by atoms with Crippen LogP contribution in [0.1, 0.15) is 25.3 Å². The van der Waals surface area contributed by atoms with E-state index in [2.05, 4.69) is 10.0 Å². The number of sulfonamides is 1. The monoisotopic (exact) mass is 316 g/mol. The number of benzene rings is 1. The van der Waals surface area contributed by atoms with Gasteiger partial charge in [0.25, 0.3) is 0 Å². The standard InChI is InChI=1S/C14H21FN2O3S/c1-2-16-9-11-8-13(5-6-14(11)15)21(18,19)17-12-4-3-7-20-10-12/h5-6,8,12,16-17H,2-4,7,9-10H2,1H3. The van der Waals surface area contributed by atoms with Crippen molar-refractivity contribution in [3.05, 3.63) is 29.6 Å². The predicted molar refractivity (Wildman–Crippen MR) is 77.9 cm³/mol. The Morgan fingerprint density at radius 2 is 2.24 bits per heavy atom. The van der Waals surface area contributed by atoms with Crippen LogP contribution in [0.15, 0.2) is 23.1 Å². The van der Waals surface area contributed by atoms with E-state index in [9.17, 15) is 12.8 Å². The Labute approximate surface area is 124 Å². The van der Waals surface area contributed by atoms with Crippen LogP contribution in [0.2, 0.25) is 0 Å². The molecule has 1 unspecified atom stereocenters. The molecule has 5 nitrogen and oxygen atoms in total. The molecule has 0 saturated carbocycles. The first-order chi connectivity index (χ1) is 10.0. The predicted octanol–water partition coefficient (Wildman–Crippen LogP) is 1.39. The Morgan fingerprint density at radius 1 is 1.43 bits per heavy atom. The van der Waals surface area contributed by atoms with Crippen LogP contribution in [0.5, 0.6) is 0 Å². The van der Waals surface area contributed by atoms with Gasteiger partial charge in [-0.2, -0.15) is 0 Å². The number of halogens is 1. The Morgan fingerprint density at radius 3 is 2.90 bits per heavy atom. The minimum absolute atomic E-state index is 0.0855. The molecule has 1 aromatic carbocycles. The highest BCUT2D eigenvalue weighted by Crippen LogP contribution is 2.17. The molecule has 7 heteroatoms. The van der Waals surface area contributed by atoms with E-state index in [0.717, 1.165) is 12.8 Å². The maximum absolute atomic E-state index is 13.7. The smallest absolute Gasteiger partial charge is 0.240 e. The first-order valence-electron chi connectivity index (χ1n) is 7.12. The normalized spacial score (nSPS) is 19.6. The van der Waals surface area contributed by atoms with Gasteiger partial charge in [0, 0.05) is 24.8 Å². The fourth-order valence-corrected chi connectivity index (χ4v) is 3.54. The fourth-order valence-electron chi connectivity index (χ4n) is 2.23. The van der Waals surface area contributed by atoms with E-state index in [1.54, 1.807) is 0 Å². The molecular weight excluding hydrogens is 295 g/mol. The average molecular weight is 316 g/mol. The molecule has 0 radical (unpaired) electrons. The summed E-state index contributed by atoms with van der Waals surface area (Å²) < 4.78 is 46.2. The highest BCUT2D eigenvalue weighted by atomic mass is 32.2. The molecule has 0 amide bonds. The molecule has 1 aliphatic heterocycles. The van der Waals surface area contributed by atoms with Crippen molar-refractivity contribution in [1.29, 1.82) is 0 Å². The summed E-state index contributed by atoms with van der Waals surface area (Å²) in [6, 6.07) is 3.64.